The molecule has 0 unspecified atom stereocenters. The molecule has 0 aromatic heterocycles. The van der Waals surface area contributed by atoms with Crippen molar-refractivity contribution in [2.45, 2.75) is 39.8 Å². The highest BCUT2D eigenvalue weighted by Crippen LogP contribution is 2.19. The third kappa shape index (κ3) is 3.34. The van der Waals surface area contributed by atoms with Crippen LogP contribution in [0.2, 0.25) is 0 Å². The van der Waals surface area contributed by atoms with Gasteiger partial charge in [-0.05, 0) is 68.0 Å². The Balaban J connectivity index is 3.13. The van der Waals surface area contributed by atoms with Crippen molar-refractivity contribution >= 4 is 34.6 Å². The second kappa shape index (κ2) is 6.36. The van der Waals surface area contributed by atoms with Crippen molar-refractivity contribution in [3.8, 4) is 0 Å². The van der Waals surface area contributed by atoms with Gasteiger partial charge in [-0.25, -0.2) is 0 Å². The van der Waals surface area contributed by atoms with E-state index in [-0.39, 0.29) is 18.0 Å². The van der Waals surface area contributed by atoms with Crippen molar-refractivity contribution in [3.05, 3.63) is 39.5 Å². The molecule has 0 radical (unpaired) electrons. The monoisotopic (exact) mass is 357 g/mol. The summed E-state index contributed by atoms with van der Waals surface area (Å²) in [5.74, 6) is 0.0972. The van der Waals surface area contributed by atoms with Crippen molar-refractivity contribution in [1.82, 2.24) is 4.90 Å². The van der Waals surface area contributed by atoms with Crippen LogP contribution in [-0.4, -0.2) is 22.9 Å². The van der Waals surface area contributed by atoms with E-state index in [2.05, 4.69) is 29.2 Å². The zero-order chi connectivity index (χ0) is 13.9. The minimum Gasteiger partial charge on any atom is -0.334 e. The molecule has 3 heteroatoms. The Labute approximate surface area is 123 Å². The SMILES string of the molecule is C=Cc1ccc(C(=O)N(C(C)C)C(C)C)c(I)c1. The predicted octanol–water partition coefficient (Wildman–Crippen LogP) is 4.19. The summed E-state index contributed by atoms with van der Waals surface area (Å²) in [7, 11) is 0. The van der Waals surface area contributed by atoms with Gasteiger partial charge in [0, 0.05) is 15.7 Å². The van der Waals surface area contributed by atoms with Crippen LogP contribution >= 0.6 is 22.6 Å². The van der Waals surface area contributed by atoms with E-state index in [1.807, 2.05) is 50.8 Å². The average molecular weight is 357 g/mol. The lowest BCUT2D eigenvalue weighted by molar-refractivity contribution is 0.0642. The second-order valence-corrected chi connectivity index (χ2v) is 6.01. The van der Waals surface area contributed by atoms with E-state index < -0.39 is 0 Å². The van der Waals surface area contributed by atoms with Crippen molar-refractivity contribution in [3.63, 3.8) is 0 Å². The zero-order valence-corrected chi connectivity index (χ0v) is 13.6. The molecule has 0 atom stereocenters. The molecule has 0 aliphatic rings. The van der Waals surface area contributed by atoms with Crippen molar-refractivity contribution in [2.24, 2.45) is 0 Å². The van der Waals surface area contributed by atoms with Crippen molar-refractivity contribution in [2.75, 3.05) is 0 Å². The molecule has 0 fully saturated rings. The largest absolute Gasteiger partial charge is 0.334 e. The van der Waals surface area contributed by atoms with E-state index in [9.17, 15) is 4.79 Å². The first-order chi connectivity index (χ1) is 8.38. The minimum atomic E-state index is 0.0972. The van der Waals surface area contributed by atoms with Gasteiger partial charge in [-0.1, -0.05) is 18.7 Å². The summed E-state index contributed by atoms with van der Waals surface area (Å²) in [5.41, 5.74) is 1.81. The maximum absolute atomic E-state index is 12.5. The van der Waals surface area contributed by atoms with Gasteiger partial charge in [0.25, 0.3) is 5.91 Å². The second-order valence-electron chi connectivity index (χ2n) is 4.84. The highest BCUT2D eigenvalue weighted by atomic mass is 127. The number of carbonyl (C=O) groups excluding carboxylic acids is 1. The number of carbonyl (C=O) groups is 1. The molecule has 18 heavy (non-hydrogen) atoms. The predicted molar refractivity (Wildman–Crippen MR) is 85.7 cm³/mol. The Hall–Kier alpha value is -0.840. The van der Waals surface area contributed by atoms with E-state index in [4.69, 9.17) is 0 Å². The summed E-state index contributed by atoms with van der Waals surface area (Å²) in [6.45, 7) is 11.9. The molecule has 1 amide bonds. The highest BCUT2D eigenvalue weighted by molar-refractivity contribution is 14.1. The van der Waals surface area contributed by atoms with Crippen LogP contribution in [-0.2, 0) is 0 Å². The maximum atomic E-state index is 12.5. The number of benzene rings is 1. The quantitative estimate of drug-likeness (QED) is 0.740. The molecule has 1 aromatic rings. The first-order valence-electron chi connectivity index (χ1n) is 6.13. The van der Waals surface area contributed by atoms with E-state index in [1.54, 1.807) is 6.08 Å². The van der Waals surface area contributed by atoms with Crippen LogP contribution in [0.15, 0.2) is 24.8 Å². The molecule has 0 bridgehead atoms. The lowest BCUT2D eigenvalue weighted by atomic mass is 10.1. The number of rotatable bonds is 4. The van der Waals surface area contributed by atoms with Gasteiger partial charge in [0.15, 0.2) is 0 Å². The lowest BCUT2D eigenvalue weighted by Crippen LogP contribution is -2.42. The summed E-state index contributed by atoms with van der Waals surface area (Å²) in [5, 5.41) is 0. The molecular weight excluding hydrogens is 337 g/mol. The molecular formula is C15H20INO. The molecule has 0 spiro atoms. The fourth-order valence-corrected chi connectivity index (χ4v) is 2.81. The normalized spacial score (nSPS) is 10.8. The van der Waals surface area contributed by atoms with Gasteiger partial charge in [0.05, 0.1) is 5.56 Å². The van der Waals surface area contributed by atoms with Crippen LogP contribution in [0.3, 0.4) is 0 Å². The highest BCUT2D eigenvalue weighted by Gasteiger charge is 2.23. The van der Waals surface area contributed by atoms with Crippen LogP contribution in [0, 0.1) is 3.57 Å². The third-order valence-electron chi connectivity index (χ3n) is 2.81. The Kier molecular flexibility index (Phi) is 5.38. The van der Waals surface area contributed by atoms with E-state index in [0.29, 0.717) is 0 Å². The molecule has 0 saturated carbocycles. The summed E-state index contributed by atoms with van der Waals surface area (Å²) in [6.07, 6.45) is 1.79. The topological polar surface area (TPSA) is 20.3 Å². The van der Waals surface area contributed by atoms with Gasteiger partial charge in [0.1, 0.15) is 0 Å². The van der Waals surface area contributed by atoms with Gasteiger partial charge in [-0.2, -0.15) is 0 Å². The molecule has 2 nitrogen and oxygen atoms in total. The molecule has 0 heterocycles. The molecule has 0 saturated heterocycles. The Bertz CT molecular complexity index is 444. The van der Waals surface area contributed by atoms with Gasteiger partial charge in [0.2, 0.25) is 0 Å². The summed E-state index contributed by atoms with van der Waals surface area (Å²) in [4.78, 5) is 14.5. The zero-order valence-electron chi connectivity index (χ0n) is 11.4. The smallest absolute Gasteiger partial charge is 0.255 e. The number of halogens is 1. The molecule has 1 aromatic carbocycles. The van der Waals surface area contributed by atoms with E-state index in [0.717, 1.165) is 14.7 Å². The minimum absolute atomic E-state index is 0.0972. The Morgan fingerprint density at radius 2 is 1.83 bits per heavy atom. The van der Waals surface area contributed by atoms with Crippen LogP contribution < -0.4 is 0 Å². The van der Waals surface area contributed by atoms with Crippen LogP contribution in [0.4, 0.5) is 0 Å². The maximum Gasteiger partial charge on any atom is 0.255 e. The molecule has 1 rings (SSSR count). The summed E-state index contributed by atoms with van der Waals surface area (Å²) < 4.78 is 0.973. The van der Waals surface area contributed by atoms with Crippen LogP contribution in [0.25, 0.3) is 6.08 Å². The Morgan fingerprint density at radius 1 is 1.28 bits per heavy atom. The van der Waals surface area contributed by atoms with Crippen molar-refractivity contribution < 1.29 is 4.79 Å². The number of amides is 1. The summed E-state index contributed by atoms with van der Waals surface area (Å²) >= 11 is 2.21. The lowest BCUT2D eigenvalue weighted by Gasteiger charge is -2.31. The number of hydrogen-bond acceptors (Lipinski definition) is 1. The first-order valence-corrected chi connectivity index (χ1v) is 7.21. The average Bonchev–Trinajstić information content (AvgIpc) is 2.27. The molecule has 98 valence electrons. The van der Waals surface area contributed by atoms with Crippen LogP contribution in [0.5, 0.6) is 0 Å². The fraction of sp³-hybridized carbons (Fsp3) is 0.400. The standard InChI is InChI=1S/C15H20INO/c1-6-12-7-8-13(14(16)9-12)15(18)17(10(2)3)11(4)5/h6-11H,1H2,2-5H3. The van der Waals surface area contributed by atoms with E-state index in [1.165, 1.54) is 0 Å². The molecule has 0 N–H and O–H groups in total. The Morgan fingerprint density at radius 3 is 2.22 bits per heavy atom. The van der Waals surface area contributed by atoms with Gasteiger partial charge in [-0.15, -0.1) is 0 Å². The third-order valence-corrected chi connectivity index (χ3v) is 3.70. The van der Waals surface area contributed by atoms with Gasteiger partial charge < -0.3 is 4.90 Å². The van der Waals surface area contributed by atoms with Gasteiger partial charge in [-0.3, -0.25) is 4.79 Å². The van der Waals surface area contributed by atoms with Crippen molar-refractivity contribution in [1.29, 1.82) is 0 Å². The number of nitrogens with zero attached hydrogens (tertiary/aromatic N) is 1. The first kappa shape index (κ1) is 15.2. The number of hydrogen-bond donors (Lipinski definition) is 0. The summed E-state index contributed by atoms with van der Waals surface area (Å²) in [6, 6.07) is 6.21. The molecule has 0 aliphatic heterocycles. The van der Waals surface area contributed by atoms with E-state index >= 15 is 0 Å². The molecule has 0 aliphatic carbocycles. The van der Waals surface area contributed by atoms with Gasteiger partial charge >= 0.3 is 0 Å². The fourth-order valence-electron chi connectivity index (χ4n) is 2.04. The van der Waals surface area contributed by atoms with Crippen LogP contribution in [0.1, 0.15) is 43.6 Å².